The largest absolute Gasteiger partial charge is 0.311 e. The highest BCUT2D eigenvalue weighted by molar-refractivity contribution is 6.01. The minimum Gasteiger partial charge on any atom is -0.311 e. The van der Waals surface area contributed by atoms with Crippen molar-refractivity contribution in [2.45, 2.75) is 5.41 Å². The third-order valence-electron chi connectivity index (χ3n) is 9.76. The van der Waals surface area contributed by atoms with E-state index in [1.165, 1.54) is 45.5 Å². The Balaban J connectivity index is 1.35. The van der Waals surface area contributed by atoms with Crippen molar-refractivity contribution < 1.29 is 8.78 Å². The molecule has 0 atom stereocenters. The van der Waals surface area contributed by atoms with Crippen molar-refractivity contribution in [3.8, 4) is 33.4 Å². The lowest BCUT2D eigenvalue weighted by molar-refractivity contribution is 0.584. The van der Waals surface area contributed by atoms with Crippen molar-refractivity contribution >= 4 is 22.7 Å². The summed E-state index contributed by atoms with van der Waals surface area (Å²) in [7, 11) is 0. The van der Waals surface area contributed by atoms with E-state index in [9.17, 15) is 8.78 Å². The smallest absolute Gasteiger partial charge is 0.189 e. The maximum absolute atomic E-state index is 14.4. The quantitative estimate of drug-likeness (QED) is 0.178. The van der Waals surface area contributed by atoms with Gasteiger partial charge in [-0.05, 0) is 92.5 Å². The van der Waals surface area contributed by atoms with E-state index in [4.69, 9.17) is 6.57 Å². The zero-order valence-corrected chi connectivity index (χ0v) is 25.7. The average molecular weight is 621 g/mol. The van der Waals surface area contributed by atoms with Crippen molar-refractivity contribution in [2.24, 2.45) is 0 Å². The van der Waals surface area contributed by atoms with Crippen LogP contribution in [-0.4, -0.2) is 0 Å². The molecule has 0 unspecified atom stereocenters. The van der Waals surface area contributed by atoms with Gasteiger partial charge < -0.3 is 4.90 Å². The molecule has 0 aromatic heterocycles. The first kappa shape index (κ1) is 28.0. The van der Waals surface area contributed by atoms with Gasteiger partial charge >= 0.3 is 0 Å². The van der Waals surface area contributed by atoms with Gasteiger partial charge in [0.2, 0.25) is 0 Å². The van der Waals surface area contributed by atoms with Crippen molar-refractivity contribution in [3.63, 3.8) is 0 Å². The molecule has 7 aromatic rings. The van der Waals surface area contributed by atoms with Gasteiger partial charge in [-0.25, -0.2) is 13.6 Å². The van der Waals surface area contributed by atoms with Crippen molar-refractivity contribution in [2.75, 3.05) is 4.90 Å². The van der Waals surface area contributed by atoms with E-state index in [-0.39, 0.29) is 0 Å². The Hall–Kier alpha value is -6.31. The van der Waals surface area contributed by atoms with Crippen LogP contribution >= 0.6 is 0 Å². The molecule has 4 heteroatoms. The highest BCUT2D eigenvalue weighted by Crippen LogP contribution is 2.64. The van der Waals surface area contributed by atoms with Gasteiger partial charge in [-0.15, -0.1) is 0 Å². The molecule has 2 nitrogen and oxygen atoms in total. The molecule has 0 saturated carbocycles. The van der Waals surface area contributed by atoms with Crippen LogP contribution in [0.15, 0.2) is 158 Å². The highest BCUT2D eigenvalue weighted by atomic mass is 19.1. The average Bonchev–Trinajstić information content (AvgIpc) is 3.60. The molecule has 0 heterocycles. The topological polar surface area (TPSA) is 7.60 Å². The van der Waals surface area contributed by atoms with Crippen LogP contribution < -0.4 is 4.90 Å². The fourth-order valence-corrected chi connectivity index (χ4v) is 7.98. The Labute approximate surface area is 277 Å². The summed E-state index contributed by atoms with van der Waals surface area (Å²) in [5.41, 5.74) is 13.3. The molecule has 48 heavy (non-hydrogen) atoms. The first-order chi connectivity index (χ1) is 23.6. The van der Waals surface area contributed by atoms with Crippen molar-refractivity contribution in [3.05, 3.63) is 203 Å². The molecule has 0 amide bonds. The summed E-state index contributed by atoms with van der Waals surface area (Å²) in [5, 5.41) is 0. The second kappa shape index (κ2) is 10.6. The van der Waals surface area contributed by atoms with Gasteiger partial charge in [0.1, 0.15) is 11.6 Å². The van der Waals surface area contributed by atoms with E-state index < -0.39 is 17.0 Å². The molecule has 0 radical (unpaired) electrons. The Morgan fingerprint density at radius 1 is 0.479 bits per heavy atom. The molecular formula is C44H26F2N2. The molecule has 226 valence electrons. The Morgan fingerprint density at radius 2 is 1.02 bits per heavy atom. The summed E-state index contributed by atoms with van der Waals surface area (Å²) < 4.78 is 28.7. The van der Waals surface area contributed by atoms with E-state index in [0.717, 1.165) is 34.3 Å². The predicted molar refractivity (Wildman–Crippen MR) is 189 cm³/mol. The van der Waals surface area contributed by atoms with Crippen LogP contribution in [0.25, 0.3) is 38.2 Å². The molecule has 0 aliphatic heterocycles. The molecule has 0 bridgehead atoms. The van der Waals surface area contributed by atoms with Gasteiger partial charge in [-0.2, -0.15) is 0 Å². The predicted octanol–water partition coefficient (Wildman–Crippen LogP) is 12.0. The van der Waals surface area contributed by atoms with Gasteiger partial charge in [0, 0.05) is 23.0 Å². The van der Waals surface area contributed by atoms with E-state index >= 15 is 0 Å². The second-order valence-corrected chi connectivity index (χ2v) is 12.3. The number of rotatable bonds is 4. The van der Waals surface area contributed by atoms with E-state index in [2.05, 4.69) is 101 Å². The lowest BCUT2D eigenvalue weighted by atomic mass is 9.70. The van der Waals surface area contributed by atoms with Gasteiger partial charge in [-0.3, -0.25) is 0 Å². The fourth-order valence-electron chi connectivity index (χ4n) is 7.98. The van der Waals surface area contributed by atoms with Gasteiger partial charge in [0.25, 0.3) is 0 Å². The van der Waals surface area contributed by atoms with Crippen LogP contribution in [0.4, 0.5) is 31.5 Å². The standard InChI is InChI=1S/C44H26F2N2/c1-47-32-12-9-14-34(27-32)48(33-13-8-11-28(25-33)29-23-30(45)26-31(46)24-29)42-22-10-21-41-43(42)37-17-4-7-20-40(37)44(41)38-18-5-2-15-35(38)36-16-3-6-19-39(36)44/h2-27H. The number of nitrogens with zero attached hydrogens (tertiary/aromatic N) is 2. The molecule has 0 saturated heterocycles. The van der Waals surface area contributed by atoms with Crippen molar-refractivity contribution in [1.82, 2.24) is 0 Å². The summed E-state index contributed by atoms with van der Waals surface area (Å²) in [6.45, 7) is 7.78. The van der Waals surface area contributed by atoms with Crippen LogP contribution in [0.5, 0.6) is 0 Å². The Morgan fingerprint density at radius 3 is 1.69 bits per heavy atom. The lowest BCUT2D eigenvalue weighted by Gasteiger charge is -2.32. The highest BCUT2D eigenvalue weighted by Gasteiger charge is 2.52. The maximum atomic E-state index is 14.4. The van der Waals surface area contributed by atoms with Crippen molar-refractivity contribution in [1.29, 1.82) is 0 Å². The summed E-state index contributed by atoms with van der Waals surface area (Å²) >= 11 is 0. The number of fused-ring (bicyclic) bond motifs is 10. The fraction of sp³-hybridized carbons (Fsp3) is 0.0227. The molecule has 7 aromatic carbocycles. The summed E-state index contributed by atoms with van der Waals surface area (Å²) in [4.78, 5) is 5.90. The molecule has 1 spiro atoms. The first-order valence-electron chi connectivity index (χ1n) is 15.8. The minimum atomic E-state index is -0.628. The molecule has 0 fully saturated rings. The summed E-state index contributed by atoms with van der Waals surface area (Å²) in [6.07, 6.45) is 0. The summed E-state index contributed by atoms with van der Waals surface area (Å²) in [6, 6.07) is 51.4. The number of benzene rings is 7. The first-order valence-corrected chi connectivity index (χ1v) is 15.8. The monoisotopic (exact) mass is 620 g/mol. The molecule has 2 aliphatic rings. The number of hydrogen-bond donors (Lipinski definition) is 0. The normalized spacial score (nSPS) is 12.9. The van der Waals surface area contributed by atoms with Crippen LogP contribution in [-0.2, 0) is 5.41 Å². The molecule has 2 aliphatic carbocycles. The van der Waals surface area contributed by atoms with Crippen LogP contribution in [0.2, 0.25) is 0 Å². The number of anilines is 3. The van der Waals surface area contributed by atoms with Gasteiger partial charge in [-0.1, -0.05) is 109 Å². The number of halogens is 2. The zero-order chi connectivity index (χ0) is 32.4. The van der Waals surface area contributed by atoms with Crippen LogP contribution in [0, 0.1) is 18.2 Å². The van der Waals surface area contributed by atoms with E-state index in [1.54, 1.807) is 6.07 Å². The summed E-state index contributed by atoms with van der Waals surface area (Å²) in [5.74, 6) is -1.26. The Kier molecular flexibility index (Phi) is 6.19. The Bertz CT molecular complexity index is 2410. The van der Waals surface area contributed by atoms with Crippen LogP contribution in [0.3, 0.4) is 0 Å². The SMILES string of the molecule is [C-]#[N+]c1cccc(N(c2cccc(-c3cc(F)cc(F)c3)c2)c2cccc3c2-c2ccccc2C32c3ccccc3-c3ccccc32)c1. The van der Waals surface area contributed by atoms with Gasteiger partial charge in [0.05, 0.1) is 17.7 Å². The molecule has 9 rings (SSSR count). The number of hydrogen-bond acceptors (Lipinski definition) is 1. The minimum absolute atomic E-state index is 0.450. The third-order valence-corrected chi connectivity index (χ3v) is 9.76. The van der Waals surface area contributed by atoms with E-state index in [1.807, 2.05) is 42.5 Å². The van der Waals surface area contributed by atoms with E-state index in [0.29, 0.717) is 16.8 Å². The van der Waals surface area contributed by atoms with Gasteiger partial charge in [0.15, 0.2) is 5.69 Å². The molecule has 0 N–H and O–H groups in total. The molecular weight excluding hydrogens is 594 g/mol. The third kappa shape index (κ3) is 3.95. The second-order valence-electron chi connectivity index (χ2n) is 12.3. The maximum Gasteiger partial charge on any atom is 0.189 e. The zero-order valence-electron chi connectivity index (χ0n) is 25.7. The van der Waals surface area contributed by atoms with Crippen LogP contribution in [0.1, 0.15) is 22.3 Å². The lowest BCUT2D eigenvalue weighted by Crippen LogP contribution is -2.26.